The fraction of sp³-hybridized carbons (Fsp3) is 0.643. The zero-order valence-electron chi connectivity index (χ0n) is 13.1. The maximum atomic E-state index is 12.7. The van der Waals surface area contributed by atoms with Crippen LogP contribution in [0.2, 0.25) is 0 Å². The molecule has 1 aliphatic heterocycles. The average molecular weight is 345 g/mol. The number of hydrogen-bond donors (Lipinski definition) is 2. The highest BCUT2D eigenvalue weighted by Gasteiger charge is 2.39. The van der Waals surface area contributed by atoms with Gasteiger partial charge in [-0.15, -0.1) is 11.3 Å². The molecule has 8 heteroatoms. The van der Waals surface area contributed by atoms with Crippen LogP contribution >= 0.6 is 11.3 Å². The third kappa shape index (κ3) is 3.68. The Bertz CT molecular complexity index is 652. The van der Waals surface area contributed by atoms with E-state index in [1.807, 2.05) is 13.8 Å². The molecule has 1 amide bonds. The van der Waals surface area contributed by atoms with Crippen LogP contribution in [0.3, 0.4) is 0 Å². The molecular weight excluding hydrogens is 322 g/mol. The Morgan fingerprint density at radius 3 is 2.77 bits per heavy atom. The molecule has 1 saturated heterocycles. The largest absolute Gasteiger partial charge is 0.351 e. The molecule has 2 rings (SSSR count). The highest BCUT2D eigenvalue weighted by molar-refractivity contribution is 7.91. The molecule has 22 heavy (non-hydrogen) atoms. The molecule has 1 aromatic rings. The fourth-order valence-corrected chi connectivity index (χ4v) is 5.54. The van der Waals surface area contributed by atoms with Crippen molar-refractivity contribution < 1.29 is 13.2 Å². The van der Waals surface area contributed by atoms with Crippen molar-refractivity contribution in [3.05, 3.63) is 17.0 Å². The van der Waals surface area contributed by atoms with Crippen molar-refractivity contribution in [2.45, 2.75) is 44.0 Å². The third-order valence-electron chi connectivity index (χ3n) is 4.02. The Morgan fingerprint density at radius 1 is 1.50 bits per heavy atom. The van der Waals surface area contributed by atoms with Gasteiger partial charge in [-0.25, -0.2) is 8.42 Å². The Labute approximate surface area is 135 Å². The van der Waals surface area contributed by atoms with E-state index in [9.17, 15) is 13.2 Å². The number of sulfonamides is 1. The molecular formula is C14H23N3O3S2. The molecule has 1 unspecified atom stereocenters. The van der Waals surface area contributed by atoms with Gasteiger partial charge in [0, 0.05) is 30.9 Å². The normalized spacial score (nSPS) is 22.5. The average Bonchev–Trinajstić information content (AvgIpc) is 2.89. The highest BCUT2D eigenvalue weighted by atomic mass is 32.2. The molecule has 1 aromatic heterocycles. The second-order valence-corrected chi connectivity index (χ2v) is 9.69. The molecule has 0 saturated carbocycles. The van der Waals surface area contributed by atoms with Gasteiger partial charge in [0.15, 0.2) is 0 Å². The van der Waals surface area contributed by atoms with Gasteiger partial charge in [-0.1, -0.05) is 13.8 Å². The van der Waals surface area contributed by atoms with Gasteiger partial charge >= 0.3 is 0 Å². The number of hydrogen-bond acceptors (Lipinski definition) is 5. The smallest absolute Gasteiger partial charge is 0.252 e. The Morgan fingerprint density at radius 2 is 2.18 bits per heavy atom. The molecule has 3 N–H and O–H groups in total. The van der Waals surface area contributed by atoms with Crippen LogP contribution in [0, 0.1) is 5.41 Å². The minimum Gasteiger partial charge on any atom is -0.351 e. The van der Waals surface area contributed by atoms with E-state index in [4.69, 9.17) is 5.73 Å². The van der Waals surface area contributed by atoms with E-state index < -0.39 is 10.0 Å². The summed E-state index contributed by atoms with van der Waals surface area (Å²) in [6, 6.07) is 3.37. The van der Waals surface area contributed by atoms with Crippen LogP contribution in [0.5, 0.6) is 0 Å². The molecule has 0 radical (unpaired) electrons. The SMILES string of the molecule is CC(=O)NCc1ccc(S(=O)(=O)N2CCC(N)C(C)(C)C2)s1. The number of carbonyl (C=O) groups is 1. The van der Waals surface area contributed by atoms with E-state index in [0.717, 1.165) is 4.88 Å². The lowest BCUT2D eigenvalue weighted by Crippen LogP contribution is -2.53. The van der Waals surface area contributed by atoms with Crippen molar-refractivity contribution in [2.24, 2.45) is 11.1 Å². The highest BCUT2D eigenvalue weighted by Crippen LogP contribution is 2.33. The summed E-state index contributed by atoms with van der Waals surface area (Å²) in [5.41, 5.74) is 5.84. The first-order chi connectivity index (χ1) is 10.1. The minimum atomic E-state index is -3.49. The molecule has 0 aromatic carbocycles. The molecule has 6 nitrogen and oxygen atoms in total. The Hall–Kier alpha value is -0.960. The van der Waals surface area contributed by atoms with Crippen LogP contribution in [0.25, 0.3) is 0 Å². The molecule has 0 bridgehead atoms. The zero-order chi connectivity index (χ0) is 16.5. The lowest BCUT2D eigenvalue weighted by molar-refractivity contribution is -0.119. The van der Waals surface area contributed by atoms with Crippen molar-refractivity contribution in [3.63, 3.8) is 0 Å². The summed E-state index contributed by atoms with van der Waals surface area (Å²) in [7, 11) is -3.49. The van der Waals surface area contributed by atoms with Crippen LogP contribution in [-0.4, -0.2) is 37.8 Å². The van der Waals surface area contributed by atoms with E-state index in [1.54, 1.807) is 12.1 Å². The third-order valence-corrected chi connectivity index (χ3v) is 7.42. The van der Waals surface area contributed by atoms with Gasteiger partial charge in [-0.3, -0.25) is 4.79 Å². The quantitative estimate of drug-likeness (QED) is 0.856. The van der Waals surface area contributed by atoms with Gasteiger partial charge in [0.2, 0.25) is 5.91 Å². The molecule has 1 aliphatic rings. The first kappa shape index (κ1) is 17.4. The predicted octanol–water partition coefficient (Wildman–Crippen LogP) is 1.13. The summed E-state index contributed by atoms with van der Waals surface area (Å²) in [6.07, 6.45) is 0.663. The summed E-state index contributed by atoms with van der Waals surface area (Å²) in [5, 5.41) is 2.67. The first-order valence-corrected chi connectivity index (χ1v) is 9.47. The lowest BCUT2D eigenvalue weighted by Gasteiger charge is -2.41. The number of rotatable bonds is 4. The van der Waals surface area contributed by atoms with Crippen molar-refractivity contribution in [2.75, 3.05) is 13.1 Å². The van der Waals surface area contributed by atoms with Gasteiger partial charge in [-0.05, 0) is 24.0 Å². The van der Waals surface area contributed by atoms with E-state index in [2.05, 4.69) is 5.32 Å². The number of amides is 1. The van der Waals surface area contributed by atoms with Crippen LogP contribution in [-0.2, 0) is 21.4 Å². The summed E-state index contributed by atoms with van der Waals surface area (Å²) in [5.74, 6) is -0.135. The second kappa shape index (κ2) is 6.27. The fourth-order valence-electron chi connectivity index (χ4n) is 2.46. The molecule has 124 valence electrons. The maximum Gasteiger partial charge on any atom is 0.252 e. The van der Waals surface area contributed by atoms with Crippen LogP contribution in [0.4, 0.5) is 0 Å². The second-order valence-electron chi connectivity index (χ2n) is 6.35. The first-order valence-electron chi connectivity index (χ1n) is 7.22. The monoisotopic (exact) mass is 345 g/mol. The maximum absolute atomic E-state index is 12.7. The molecule has 1 fully saturated rings. The van der Waals surface area contributed by atoms with Gasteiger partial charge < -0.3 is 11.1 Å². The van der Waals surface area contributed by atoms with Crippen molar-refractivity contribution in [3.8, 4) is 0 Å². The van der Waals surface area contributed by atoms with Gasteiger partial charge in [0.25, 0.3) is 10.0 Å². The van der Waals surface area contributed by atoms with E-state index >= 15 is 0 Å². The van der Waals surface area contributed by atoms with Crippen LogP contribution < -0.4 is 11.1 Å². The number of carbonyl (C=O) groups excluding carboxylic acids is 1. The summed E-state index contributed by atoms with van der Waals surface area (Å²) >= 11 is 1.20. The lowest BCUT2D eigenvalue weighted by atomic mass is 9.81. The number of thiophene rings is 1. The van der Waals surface area contributed by atoms with Gasteiger partial charge in [0.05, 0.1) is 6.54 Å². The van der Waals surface area contributed by atoms with E-state index in [-0.39, 0.29) is 17.4 Å². The summed E-state index contributed by atoms with van der Waals surface area (Å²) < 4.78 is 27.3. The standard InChI is InChI=1S/C14H23N3O3S2/c1-10(18)16-8-11-4-5-13(21-11)22(19,20)17-7-6-12(15)14(2,3)9-17/h4-5,12H,6-9,15H2,1-3H3,(H,16,18). The number of piperidine rings is 1. The molecule has 1 atom stereocenters. The number of nitrogens with one attached hydrogen (secondary N) is 1. The minimum absolute atomic E-state index is 0.0117. The van der Waals surface area contributed by atoms with Crippen molar-refractivity contribution in [1.29, 1.82) is 0 Å². The predicted molar refractivity (Wildman–Crippen MR) is 87.0 cm³/mol. The Balaban J connectivity index is 2.15. The van der Waals surface area contributed by atoms with Gasteiger partial charge in [-0.2, -0.15) is 4.31 Å². The Kier molecular flexibility index (Phi) is 4.96. The number of nitrogens with two attached hydrogens (primary N) is 1. The summed E-state index contributed by atoms with van der Waals surface area (Å²) in [4.78, 5) is 11.7. The van der Waals surface area contributed by atoms with E-state index in [1.165, 1.54) is 22.6 Å². The zero-order valence-corrected chi connectivity index (χ0v) is 14.8. The number of nitrogens with zero attached hydrogens (tertiary/aromatic N) is 1. The van der Waals surface area contributed by atoms with Crippen molar-refractivity contribution in [1.82, 2.24) is 9.62 Å². The van der Waals surface area contributed by atoms with Crippen LogP contribution in [0.1, 0.15) is 32.1 Å². The van der Waals surface area contributed by atoms with Crippen molar-refractivity contribution >= 4 is 27.3 Å². The molecule has 0 spiro atoms. The summed E-state index contributed by atoms with van der Waals surface area (Å²) in [6.45, 7) is 6.66. The van der Waals surface area contributed by atoms with Crippen LogP contribution in [0.15, 0.2) is 16.3 Å². The molecule has 2 heterocycles. The van der Waals surface area contributed by atoms with E-state index in [0.29, 0.717) is 30.3 Å². The topological polar surface area (TPSA) is 92.5 Å². The van der Waals surface area contributed by atoms with Gasteiger partial charge in [0.1, 0.15) is 4.21 Å². The molecule has 0 aliphatic carbocycles.